The summed E-state index contributed by atoms with van der Waals surface area (Å²) >= 11 is 0. The molecule has 25 heavy (non-hydrogen) atoms. The molecule has 1 aliphatic rings. The van der Waals surface area contributed by atoms with E-state index in [1.165, 1.54) is 11.3 Å². The van der Waals surface area contributed by atoms with Crippen LogP contribution in [-0.4, -0.2) is 36.2 Å². The lowest BCUT2D eigenvalue weighted by molar-refractivity contribution is 0.409. The van der Waals surface area contributed by atoms with Crippen molar-refractivity contribution < 1.29 is 4.74 Å². The molecule has 4 rings (SSSR count). The van der Waals surface area contributed by atoms with E-state index in [4.69, 9.17) is 4.74 Å². The largest absolute Gasteiger partial charge is 0.497 e. The number of nitrogens with zero attached hydrogens (tertiary/aromatic N) is 2. The molecule has 0 radical (unpaired) electrons. The molecule has 2 N–H and O–H groups in total. The fraction of sp³-hybridized carbons (Fsp3) is 0.350. The summed E-state index contributed by atoms with van der Waals surface area (Å²) < 4.78 is 5.33. The third-order valence-corrected chi connectivity index (χ3v) is 4.99. The quantitative estimate of drug-likeness (QED) is 0.750. The zero-order valence-corrected chi connectivity index (χ0v) is 14.5. The van der Waals surface area contributed by atoms with E-state index in [1.807, 2.05) is 6.07 Å². The Morgan fingerprint density at radius 1 is 1.20 bits per heavy atom. The van der Waals surface area contributed by atoms with Gasteiger partial charge in [-0.2, -0.15) is 0 Å². The molecule has 1 aromatic heterocycles. The molecule has 1 saturated heterocycles. The van der Waals surface area contributed by atoms with E-state index >= 15 is 0 Å². The van der Waals surface area contributed by atoms with Gasteiger partial charge in [0, 0.05) is 37.4 Å². The van der Waals surface area contributed by atoms with Crippen LogP contribution >= 0.6 is 0 Å². The van der Waals surface area contributed by atoms with Crippen molar-refractivity contribution in [3.8, 4) is 5.75 Å². The van der Waals surface area contributed by atoms with Gasteiger partial charge in [-0.3, -0.25) is 0 Å². The molecule has 3 aromatic rings. The molecule has 0 aliphatic carbocycles. The van der Waals surface area contributed by atoms with Gasteiger partial charge in [-0.15, -0.1) is 0 Å². The summed E-state index contributed by atoms with van der Waals surface area (Å²) in [5, 5.41) is 3.70. The standard InChI is InChI=1S/C20H24N4O/c1-25-18-4-2-3-17(12-18)24-9-7-16(8-10-24)21-13-15-5-6-19-20(11-15)23-14-22-19/h2-6,11-12,14,16,21H,7-10,13H2,1H3,(H,22,23). The summed E-state index contributed by atoms with van der Waals surface area (Å²) in [7, 11) is 1.72. The molecule has 130 valence electrons. The Labute approximate surface area is 148 Å². The van der Waals surface area contributed by atoms with Gasteiger partial charge in [-0.25, -0.2) is 4.98 Å². The third-order valence-electron chi connectivity index (χ3n) is 4.99. The zero-order valence-electron chi connectivity index (χ0n) is 14.5. The van der Waals surface area contributed by atoms with Crippen molar-refractivity contribution in [2.45, 2.75) is 25.4 Å². The maximum atomic E-state index is 5.33. The Kier molecular flexibility index (Phi) is 4.57. The highest BCUT2D eigenvalue weighted by Crippen LogP contribution is 2.24. The number of rotatable bonds is 5. The van der Waals surface area contributed by atoms with E-state index in [1.54, 1.807) is 13.4 Å². The maximum Gasteiger partial charge on any atom is 0.120 e. The van der Waals surface area contributed by atoms with Gasteiger partial charge in [-0.05, 0) is 42.7 Å². The second-order valence-electron chi connectivity index (χ2n) is 6.60. The Hall–Kier alpha value is -2.53. The van der Waals surface area contributed by atoms with Crippen molar-refractivity contribution in [2.75, 3.05) is 25.1 Å². The first-order chi connectivity index (χ1) is 12.3. The van der Waals surface area contributed by atoms with Crippen LogP contribution in [0.15, 0.2) is 48.8 Å². The highest BCUT2D eigenvalue weighted by molar-refractivity contribution is 5.75. The van der Waals surface area contributed by atoms with Crippen molar-refractivity contribution in [2.24, 2.45) is 0 Å². The molecule has 5 heteroatoms. The van der Waals surface area contributed by atoms with E-state index in [-0.39, 0.29) is 0 Å². The number of aromatic amines is 1. The van der Waals surface area contributed by atoms with Crippen LogP contribution in [0.2, 0.25) is 0 Å². The molecule has 1 aliphatic heterocycles. The summed E-state index contributed by atoms with van der Waals surface area (Å²) in [4.78, 5) is 9.89. The molecule has 0 amide bonds. The third kappa shape index (κ3) is 3.61. The minimum atomic E-state index is 0.569. The minimum absolute atomic E-state index is 0.569. The number of fused-ring (bicyclic) bond motifs is 1. The number of hydrogen-bond donors (Lipinski definition) is 2. The monoisotopic (exact) mass is 336 g/mol. The summed E-state index contributed by atoms with van der Waals surface area (Å²) in [6.07, 6.45) is 4.06. The van der Waals surface area contributed by atoms with Gasteiger partial charge in [0.2, 0.25) is 0 Å². The lowest BCUT2D eigenvalue weighted by Crippen LogP contribution is -2.42. The van der Waals surface area contributed by atoms with Gasteiger partial charge in [-0.1, -0.05) is 12.1 Å². The van der Waals surface area contributed by atoms with Crippen LogP contribution in [-0.2, 0) is 6.54 Å². The van der Waals surface area contributed by atoms with Crippen LogP contribution < -0.4 is 15.0 Å². The minimum Gasteiger partial charge on any atom is -0.497 e. The SMILES string of the molecule is COc1cccc(N2CCC(NCc3ccc4nc[nH]c4c3)CC2)c1. The second kappa shape index (κ2) is 7.15. The van der Waals surface area contributed by atoms with E-state index in [2.05, 4.69) is 56.6 Å². The van der Waals surface area contributed by atoms with E-state index in [0.29, 0.717) is 6.04 Å². The van der Waals surface area contributed by atoms with Gasteiger partial charge in [0.15, 0.2) is 0 Å². The number of H-pyrrole nitrogens is 1. The molecule has 5 nitrogen and oxygen atoms in total. The molecule has 1 fully saturated rings. The van der Waals surface area contributed by atoms with Crippen LogP contribution in [0.25, 0.3) is 11.0 Å². The van der Waals surface area contributed by atoms with E-state index in [0.717, 1.165) is 49.3 Å². The Balaban J connectivity index is 1.31. The van der Waals surface area contributed by atoms with Crippen molar-refractivity contribution >= 4 is 16.7 Å². The van der Waals surface area contributed by atoms with E-state index in [9.17, 15) is 0 Å². The molecule has 0 spiro atoms. The molecule has 0 atom stereocenters. The fourth-order valence-electron chi connectivity index (χ4n) is 3.50. The van der Waals surface area contributed by atoms with Gasteiger partial charge in [0.25, 0.3) is 0 Å². The maximum absolute atomic E-state index is 5.33. The van der Waals surface area contributed by atoms with Gasteiger partial charge in [0.1, 0.15) is 5.75 Å². The van der Waals surface area contributed by atoms with Crippen molar-refractivity contribution in [1.82, 2.24) is 15.3 Å². The predicted octanol–water partition coefficient (Wildman–Crippen LogP) is 3.33. The molecular formula is C20H24N4O. The molecule has 0 bridgehead atoms. The average molecular weight is 336 g/mol. The van der Waals surface area contributed by atoms with Gasteiger partial charge in [0.05, 0.1) is 24.5 Å². The zero-order chi connectivity index (χ0) is 17.1. The number of imidazole rings is 1. The topological polar surface area (TPSA) is 53.2 Å². The molecule has 2 aromatic carbocycles. The van der Waals surface area contributed by atoms with Crippen LogP contribution in [0.1, 0.15) is 18.4 Å². The molecular weight excluding hydrogens is 312 g/mol. The number of benzene rings is 2. The first-order valence-corrected chi connectivity index (χ1v) is 8.86. The first kappa shape index (κ1) is 16.0. The number of anilines is 1. The Morgan fingerprint density at radius 2 is 2.08 bits per heavy atom. The summed E-state index contributed by atoms with van der Waals surface area (Å²) in [5.41, 5.74) is 4.68. The van der Waals surface area contributed by atoms with Crippen molar-refractivity contribution in [3.63, 3.8) is 0 Å². The molecule has 2 heterocycles. The number of hydrogen-bond acceptors (Lipinski definition) is 4. The lowest BCUT2D eigenvalue weighted by Gasteiger charge is -2.34. The number of nitrogens with one attached hydrogen (secondary N) is 2. The highest BCUT2D eigenvalue weighted by atomic mass is 16.5. The number of methoxy groups -OCH3 is 1. The average Bonchev–Trinajstić information content (AvgIpc) is 3.14. The molecule has 0 saturated carbocycles. The van der Waals surface area contributed by atoms with E-state index < -0.39 is 0 Å². The van der Waals surface area contributed by atoms with Crippen LogP contribution in [0.5, 0.6) is 5.75 Å². The van der Waals surface area contributed by atoms with Gasteiger partial charge >= 0.3 is 0 Å². The van der Waals surface area contributed by atoms with Gasteiger partial charge < -0.3 is 19.9 Å². The summed E-state index contributed by atoms with van der Waals surface area (Å²) in [5.74, 6) is 0.923. The summed E-state index contributed by atoms with van der Waals surface area (Å²) in [6.45, 7) is 3.05. The lowest BCUT2D eigenvalue weighted by atomic mass is 10.0. The predicted molar refractivity (Wildman–Crippen MR) is 101 cm³/mol. The second-order valence-corrected chi connectivity index (χ2v) is 6.60. The fourth-order valence-corrected chi connectivity index (χ4v) is 3.50. The van der Waals surface area contributed by atoms with Crippen LogP contribution in [0.3, 0.4) is 0 Å². The number of piperidine rings is 1. The number of aromatic nitrogens is 2. The molecule has 0 unspecified atom stereocenters. The van der Waals surface area contributed by atoms with Crippen molar-refractivity contribution in [3.05, 3.63) is 54.4 Å². The summed E-state index contributed by atoms with van der Waals surface area (Å²) in [6, 6.07) is 15.3. The Morgan fingerprint density at radius 3 is 2.92 bits per heavy atom. The van der Waals surface area contributed by atoms with Crippen molar-refractivity contribution in [1.29, 1.82) is 0 Å². The Bertz CT molecular complexity index is 836. The smallest absolute Gasteiger partial charge is 0.120 e. The normalized spacial score (nSPS) is 15.6. The number of ether oxygens (including phenoxy) is 1. The van der Waals surface area contributed by atoms with Crippen LogP contribution in [0.4, 0.5) is 5.69 Å². The highest BCUT2D eigenvalue weighted by Gasteiger charge is 2.19. The first-order valence-electron chi connectivity index (χ1n) is 8.86. The van der Waals surface area contributed by atoms with Crippen LogP contribution in [0, 0.1) is 0 Å².